The Morgan fingerprint density at radius 2 is 1.90 bits per heavy atom. The first-order chi connectivity index (χ1) is 14.0. The highest BCUT2D eigenvalue weighted by atomic mass is 19.1. The monoisotopic (exact) mass is 391 g/mol. The van der Waals surface area contributed by atoms with Gasteiger partial charge in [-0.2, -0.15) is 0 Å². The molecule has 2 aromatic heterocycles. The zero-order chi connectivity index (χ0) is 20.4. The minimum Gasteiger partial charge on any atom is -0.350 e. The maximum Gasteiger partial charge on any atom is 0.352 e. The lowest BCUT2D eigenvalue weighted by atomic mass is 10.2. The highest BCUT2D eigenvalue weighted by Crippen LogP contribution is 2.18. The lowest BCUT2D eigenvalue weighted by Gasteiger charge is -2.05. The number of amides is 1. The molecule has 0 bridgehead atoms. The van der Waals surface area contributed by atoms with Crippen LogP contribution in [-0.2, 0) is 17.9 Å². The van der Waals surface area contributed by atoms with Gasteiger partial charge in [0.2, 0.25) is 5.91 Å². The van der Waals surface area contributed by atoms with Crippen LogP contribution in [0.2, 0.25) is 0 Å². The number of aromatic nitrogens is 4. The molecule has 0 atom stereocenters. The number of nitrogens with one attached hydrogen (secondary N) is 1. The van der Waals surface area contributed by atoms with Gasteiger partial charge in [0, 0.05) is 23.9 Å². The van der Waals surface area contributed by atoms with E-state index in [0.29, 0.717) is 23.4 Å². The van der Waals surface area contributed by atoms with Crippen molar-refractivity contribution in [1.82, 2.24) is 24.5 Å². The van der Waals surface area contributed by atoms with Crippen LogP contribution in [0.4, 0.5) is 4.39 Å². The van der Waals surface area contributed by atoms with E-state index >= 15 is 0 Å². The quantitative estimate of drug-likeness (QED) is 0.566. The second-order valence-corrected chi connectivity index (χ2v) is 6.63. The highest BCUT2D eigenvalue weighted by molar-refractivity contribution is 5.75. The van der Waals surface area contributed by atoms with Gasteiger partial charge >= 0.3 is 5.69 Å². The first-order valence-corrected chi connectivity index (χ1v) is 9.05. The highest BCUT2D eigenvalue weighted by Gasteiger charge is 2.16. The zero-order valence-corrected chi connectivity index (χ0v) is 15.7. The Labute approximate surface area is 165 Å². The smallest absolute Gasteiger partial charge is 0.350 e. The fraction of sp³-hybridized carbons (Fsp3) is 0.143. The number of hydrogen-bond donors (Lipinski definition) is 1. The molecule has 2 heterocycles. The molecule has 0 unspecified atom stereocenters. The van der Waals surface area contributed by atoms with Crippen LogP contribution in [0.15, 0.2) is 65.5 Å². The predicted molar refractivity (Wildman–Crippen MR) is 106 cm³/mol. The second kappa shape index (κ2) is 7.67. The lowest BCUT2D eigenvalue weighted by molar-refractivity contribution is -0.122. The standard InChI is InChI=1S/C21H18FN5O2/c1-14-10-18-25-26(13-19(28)23-12-15-6-3-2-4-7-15)21(29)27(18)20(24-14)16-8-5-9-17(22)11-16/h2-11H,12-13H2,1H3,(H,23,28). The van der Waals surface area contributed by atoms with Gasteiger partial charge in [0.25, 0.3) is 0 Å². The Bertz CT molecular complexity index is 1250. The molecule has 146 valence electrons. The fourth-order valence-corrected chi connectivity index (χ4v) is 3.07. The Hall–Kier alpha value is -3.81. The number of hydrogen-bond acceptors (Lipinski definition) is 4. The van der Waals surface area contributed by atoms with E-state index in [1.165, 1.54) is 16.5 Å². The Kier molecular flexibility index (Phi) is 4.90. The summed E-state index contributed by atoms with van der Waals surface area (Å²) in [5.74, 6) is -0.489. The molecular weight excluding hydrogens is 373 g/mol. The van der Waals surface area contributed by atoms with E-state index in [0.717, 1.165) is 10.2 Å². The maximum atomic E-state index is 13.7. The first kappa shape index (κ1) is 18.5. The molecule has 0 spiro atoms. The number of aryl methyl sites for hydroxylation is 1. The third-order valence-corrected chi connectivity index (χ3v) is 4.41. The van der Waals surface area contributed by atoms with Crippen LogP contribution in [0.3, 0.4) is 0 Å². The summed E-state index contributed by atoms with van der Waals surface area (Å²) in [6.07, 6.45) is 0. The molecule has 1 amide bonds. The maximum absolute atomic E-state index is 13.7. The Morgan fingerprint density at radius 1 is 1.10 bits per heavy atom. The summed E-state index contributed by atoms with van der Waals surface area (Å²) in [5, 5.41) is 7.02. The normalized spacial score (nSPS) is 11.0. The number of nitrogens with zero attached hydrogens (tertiary/aromatic N) is 4. The molecule has 0 saturated carbocycles. The van der Waals surface area contributed by atoms with Crippen LogP contribution in [0.5, 0.6) is 0 Å². The van der Waals surface area contributed by atoms with Crippen LogP contribution in [-0.4, -0.2) is 25.1 Å². The van der Waals surface area contributed by atoms with Crippen molar-refractivity contribution < 1.29 is 9.18 Å². The summed E-state index contributed by atoms with van der Waals surface area (Å²) in [7, 11) is 0. The van der Waals surface area contributed by atoms with Gasteiger partial charge in [-0.05, 0) is 24.6 Å². The topological polar surface area (TPSA) is 81.3 Å². The van der Waals surface area contributed by atoms with Gasteiger partial charge < -0.3 is 5.32 Å². The van der Waals surface area contributed by atoms with E-state index in [-0.39, 0.29) is 18.3 Å². The van der Waals surface area contributed by atoms with Gasteiger partial charge in [0.05, 0.1) is 0 Å². The van der Waals surface area contributed by atoms with Gasteiger partial charge in [-0.25, -0.2) is 23.3 Å². The van der Waals surface area contributed by atoms with E-state index in [4.69, 9.17) is 0 Å². The molecule has 2 aromatic carbocycles. The van der Waals surface area contributed by atoms with Crippen molar-refractivity contribution >= 4 is 11.6 Å². The van der Waals surface area contributed by atoms with Crippen molar-refractivity contribution in [2.24, 2.45) is 0 Å². The van der Waals surface area contributed by atoms with E-state index in [1.807, 2.05) is 30.3 Å². The van der Waals surface area contributed by atoms with Crippen LogP contribution in [0.1, 0.15) is 11.3 Å². The summed E-state index contributed by atoms with van der Waals surface area (Å²) >= 11 is 0. The molecule has 1 N–H and O–H groups in total. The predicted octanol–water partition coefficient (Wildman–Crippen LogP) is 2.32. The molecule has 4 aromatic rings. The summed E-state index contributed by atoms with van der Waals surface area (Å²) in [5.41, 5.74) is 1.87. The average molecular weight is 391 g/mol. The van der Waals surface area contributed by atoms with E-state index in [2.05, 4.69) is 15.4 Å². The summed E-state index contributed by atoms with van der Waals surface area (Å²) in [4.78, 5) is 29.6. The first-order valence-electron chi connectivity index (χ1n) is 9.05. The van der Waals surface area contributed by atoms with Crippen molar-refractivity contribution in [1.29, 1.82) is 0 Å². The third kappa shape index (κ3) is 3.91. The Morgan fingerprint density at radius 3 is 2.66 bits per heavy atom. The summed E-state index contributed by atoms with van der Waals surface area (Å²) in [6, 6.07) is 16.9. The van der Waals surface area contributed by atoms with Crippen molar-refractivity contribution in [3.63, 3.8) is 0 Å². The molecule has 0 radical (unpaired) electrons. The van der Waals surface area contributed by atoms with E-state index in [1.54, 1.807) is 25.1 Å². The van der Waals surface area contributed by atoms with E-state index in [9.17, 15) is 14.0 Å². The van der Waals surface area contributed by atoms with E-state index < -0.39 is 11.5 Å². The molecule has 0 aliphatic carbocycles. The molecule has 29 heavy (non-hydrogen) atoms. The van der Waals surface area contributed by atoms with Crippen molar-refractivity contribution in [3.8, 4) is 11.4 Å². The summed E-state index contributed by atoms with van der Waals surface area (Å²) in [6.45, 7) is 1.89. The van der Waals surface area contributed by atoms with Gasteiger partial charge in [0.1, 0.15) is 18.2 Å². The largest absolute Gasteiger partial charge is 0.352 e. The second-order valence-electron chi connectivity index (χ2n) is 6.63. The molecule has 8 heteroatoms. The van der Waals surface area contributed by atoms with Crippen LogP contribution in [0, 0.1) is 12.7 Å². The van der Waals surface area contributed by atoms with Crippen molar-refractivity contribution in [3.05, 3.63) is 88.2 Å². The summed E-state index contributed by atoms with van der Waals surface area (Å²) < 4.78 is 16.0. The average Bonchev–Trinajstić information content (AvgIpc) is 3.01. The Balaban J connectivity index is 1.65. The minimum absolute atomic E-state index is 0.227. The molecule has 0 aliphatic heterocycles. The number of fused-ring (bicyclic) bond motifs is 1. The molecule has 4 rings (SSSR count). The number of rotatable bonds is 5. The van der Waals surface area contributed by atoms with Gasteiger partial charge in [0.15, 0.2) is 5.65 Å². The number of carbonyl (C=O) groups is 1. The van der Waals surface area contributed by atoms with Crippen LogP contribution >= 0.6 is 0 Å². The van der Waals surface area contributed by atoms with Gasteiger partial charge in [-0.15, -0.1) is 5.10 Å². The fourth-order valence-electron chi connectivity index (χ4n) is 3.07. The van der Waals surface area contributed by atoms with Crippen molar-refractivity contribution in [2.75, 3.05) is 0 Å². The van der Waals surface area contributed by atoms with Crippen LogP contribution in [0.25, 0.3) is 17.0 Å². The van der Waals surface area contributed by atoms with Gasteiger partial charge in [-0.1, -0.05) is 42.5 Å². The number of halogens is 1. The SMILES string of the molecule is Cc1cc2nn(CC(=O)NCc3ccccc3)c(=O)n2c(-c2cccc(F)c2)n1. The van der Waals surface area contributed by atoms with Crippen molar-refractivity contribution in [2.45, 2.75) is 20.0 Å². The molecular formula is C21H18FN5O2. The molecule has 7 nitrogen and oxygen atoms in total. The lowest BCUT2D eigenvalue weighted by Crippen LogP contribution is -2.32. The number of benzene rings is 2. The molecule has 0 saturated heterocycles. The third-order valence-electron chi connectivity index (χ3n) is 4.41. The van der Waals surface area contributed by atoms with Crippen LogP contribution < -0.4 is 11.0 Å². The zero-order valence-electron chi connectivity index (χ0n) is 15.7. The molecule has 0 fully saturated rings. The molecule has 0 aliphatic rings. The minimum atomic E-state index is -0.512. The number of carbonyl (C=O) groups excluding carboxylic acids is 1. The van der Waals surface area contributed by atoms with Gasteiger partial charge in [-0.3, -0.25) is 4.79 Å².